The van der Waals surface area contributed by atoms with Gasteiger partial charge in [0.15, 0.2) is 0 Å². The second-order valence-corrected chi connectivity index (χ2v) is 6.79. The summed E-state index contributed by atoms with van der Waals surface area (Å²) in [6.45, 7) is 6.16. The number of carbonyl (C=O) groups excluding carboxylic acids is 1. The molecule has 0 aromatic heterocycles. The maximum absolute atomic E-state index is 11.9. The molecule has 5 nitrogen and oxygen atoms in total. The van der Waals surface area contributed by atoms with Crippen LogP contribution in [0.2, 0.25) is 0 Å². The molecule has 20 heavy (non-hydrogen) atoms. The first-order valence-corrected chi connectivity index (χ1v) is 8.42. The zero-order chi connectivity index (χ0) is 15.3. The number of aryl methyl sites for hydroxylation is 2. The molecule has 6 heteroatoms. The van der Waals surface area contributed by atoms with Gasteiger partial charge < -0.3 is 5.32 Å². The lowest BCUT2D eigenvalue weighted by molar-refractivity contribution is -0.119. The van der Waals surface area contributed by atoms with Crippen molar-refractivity contribution in [2.75, 3.05) is 23.7 Å². The van der Waals surface area contributed by atoms with Crippen molar-refractivity contribution >= 4 is 21.6 Å². The van der Waals surface area contributed by atoms with Gasteiger partial charge in [0.1, 0.15) is 6.54 Å². The van der Waals surface area contributed by atoms with Crippen LogP contribution >= 0.6 is 0 Å². The van der Waals surface area contributed by atoms with E-state index in [1.165, 1.54) is 0 Å². The van der Waals surface area contributed by atoms with E-state index in [0.717, 1.165) is 28.1 Å². The van der Waals surface area contributed by atoms with Crippen LogP contribution in [0.4, 0.5) is 5.69 Å². The van der Waals surface area contributed by atoms with E-state index in [-0.39, 0.29) is 12.5 Å². The van der Waals surface area contributed by atoms with Gasteiger partial charge in [-0.15, -0.1) is 0 Å². The Kier molecular flexibility index (Phi) is 5.56. The Balaban J connectivity index is 3.01. The van der Waals surface area contributed by atoms with Crippen LogP contribution in [0.15, 0.2) is 18.2 Å². The van der Waals surface area contributed by atoms with Crippen molar-refractivity contribution in [2.24, 2.45) is 0 Å². The Hall–Kier alpha value is -1.56. The van der Waals surface area contributed by atoms with Gasteiger partial charge in [0.2, 0.25) is 15.9 Å². The lowest BCUT2D eigenvalue weighted by Crippen LogP contribution is -2.40. The Bertz CT molecular complexity index is 582. The summed E-state index contributed by atoms with van der Waals surface area (Å²) < 4.78 is 24.9. The molecule has 0 saturated heterocycles. The van der Waals surface area contributed by atoms with E-state index >= 15 is 0 Å². The number of nitrogens with zero attached hydrogens (tertiary/aromatic N) is 1. The van der Waals surface area contributed by atoms with E-state index in [9.17, 15) is 13.2 Å². The van der Waals surface area contributed by atoms with Gasteiger partial charge in [-0.2, -0.15) is 0 Å². The summed E-state index contributed by atoms with van der Waals surface area (Å²) in [7, 11) is -3.50. The molecule has 0 fully saturated rings. The van der Waals surface area contributed by atoms with Crippen molar-refractivity contribution in [1.29, 1.82) is 0 Å². The number of hydrogen-bond acceptors (Lipinski definition) is 3. The average Bonchev–Trinajstić information content (AvgIpc) is 2.35. The number of carbonyl (C=O) groups is 1. The normalized spacial score (nSPS) is 11.2. The maximum atomic E-state index is 11.9. The van der Waals surface area contributed by atoms with Crippen LogP contribution in [-0.2, 0) is 14.8 Å². The van der Waals surface area contributed by atoms with Gasteiger partial charge in [-0.25, -0.2) is 8.42 Å². The molecule has 1 aromatic carbocycles. The molecule has 0 spiro atoms. The molecule has 1 amide bonds. The van der Waals surface area contributed by atoms with Gasteiger partial charge in [0.25, 0.3) is 0 Å². The Labute approximate surface area is 121 Å². The van der Waals surface area contributed by atoms with Crippen LogP contribution in [-0.4, -0.2) is 33.7 Å². The Morgan fingerprint density at radius 3 is 2.40 bits per heavy atom. The Morgan fingerprint density at radius 1 is 1.25 bits per heavy atom. The predicted octanol–water partition coefficient (Wildman–Crippen LogP) is 1.60. The molecule has 0 aliphatic heterocycles. The fourth-order valence-electron chi connectivity index (χ4n) is 1.73. The molecule has 0 heterocycles. The molecule has 0 radical (unpaired) electrons. The molecule has 0 atom stereocenters. The summed E-state index contributed by atoms with van der Waals surface area (Å²) >= 11 is 0. The van der Waals surface area contributed by atoms with Crippen LogP contribution in [0.25, 0.3) is 0 Å². The minimum atomic E-state index is -3.50. The van der Waals surface area contributed by atoms with Gasteiger partial charge in [-0.3, -0.25) is 9.10 Å². The molecule has 0 saturated carbocycles. The monoisotopic (exact) mass is 298 g/mol. The van der Waals surface area contributed by atoms with Gasteiger partial charge in [0, 0.05) is 6.54 Å². The second-order valence-electron chi connectivity index (χ2n) is 4.89. The third kappa shape index (κ3) is 4.52. The highest BCUT2D eigenvalue weighted by Gasteiger charge is 2.20. The van der Waals surface area contributed by atoms with E-state index in [4.69, 9.17) is 0 Å². The molecule has 1 aromatic rings. The number of sulfonamides is 1. The molecule has 0 aliphatic carbocycles. The third-order valence-corrected chi connectivity index (χ3v) is 4.18. The average molecular weight is 298 g/mol. The molecule has 0 unspecified atom stereocenters. The minimum absolute atomic E-state index is 0.193. The van der Waals surface area contributed by atoms with E-state index in [2.05, 4.69) is 5.32 Å². The van der Waals surface area contributed by atoms with Crippen LogP contribution in [0.5, 0.6) is 0 Å². The lowest BCUT2D eigenvalue weighted by atomic mass is 10.1. The topological polar surface area (TPSA) is 66.5 Å². The number of rotatable bonds is 6. The quantitative estimate of drug-likeness (QED) is 0.867. The molecule has 1 rings (SSSR count). The summed E-state index contributed by atoms with van der Waals surface area (Å²) in [6.07, 6.45) is 1.92. The van der Waals surface area contributed by atoms with Crippen molar-refractivity contribution < 1.29 is 13.2 Å². The van der Waals surface area contributed by atoms with Crippen LogP contribution in [0.3, 0.4) is 0 Å². The highest BCUT2D eigenvalue weighted by molar-refractivity contribution is 7.92. The van der Waals surface area contributed by atoms with E-state index in [1.807, 2.05) is 26.8 Å². The summed E-state index contributed by atoms with van der Waals surface area (Å²) in [5.41, 5.74) is 2.59. The summed E-state index contributed by atoms with van der Waals surface area (Å²) in [4.78, 5) is 11.8. The molecule has 112 valence electrons. The second kappa shape index (κ2) is 6.74. The van der Waals surface area contributed by atoms with Gasteiger partial charge in [0.05, 0.1) is 11.9 Å². The van der Waals surface area contributed by atoms with Gasteiger partial charge in [-0.1, -0.05) is 13.0 Å². The molecular formula is C14H22N2O3S. The van der Waals surface area contributed by atoms with Crippen molar-refractivity contribution in [3.05, 3.63) is 29.3 Å². The minimum Gasteiger partial charge on any atom is -0.355 e. The zero-order valence-electron chi connectivity index (χ0n) is 12.4. The number of nitrogens with one attached hydrogen (secondary N) is 1. The van der Waals surface area contributed by atoms with Crippen molar-refractivity contribution in [3.8, 4) is 0 Å². The van der Waals surface area contributed by atoms with Crippen LogP contribution < -0.4 is 9.62 Å². The highest BCUT2D eigenvalue weighted by atomic mass is 32.2. The van der Waals surface area contributed by atoms with Crippen LogP contribution in [0.1, 0.15) is 24.5 Å². The lowest BCUT2D eigenvalue weighted by Gasteiger charge is -2.22. The standard InChI is InChI=1S/C14H22N2O3S/c1-5-8-15-14(17)10-16(20(4,18)19)13-7-6-11(2)12(3)9-13/h6-7,9H,5,8,10H2,1-4H3,(H,15,17). The number of anilines is 1. The van der Waals surface area contributed by atoms with E-state index in [1.54, 1.807) is 12.1 Å². The van der Waals surface area contributed by atoms with Crippen molar-refractivity contribution in [1.82, 2.24) is 5.32 Å². The smallest absolute Gasteiger partial charge is 0.240 e. The highest BCUT2D eigenvalue weighted by Crippen LogP contribution is 2.20. The zero-order valence-corrected chi connectivity index (χ0v) is 13.3. The molecule has 1 N–H and O–H groups in total. The number of hydrogen-bond donors (Lipinski definition) is 1. The summed E-state index contributed by atoms with van der Waals surface area (Å²) in [5.74, 6) is -0.296. The van der Waals surface area contributed by atoms with Crippen molar-refractivity contribution in [2.45, 2.75) is 27.2 Å². The summed E-state index contributed by atoms with van der Waals surface area (Å²) in [5, 5.41) is 2.69. The predicted molar refractivity (Wildman–Crippen MR) is 81.4 cm³/mol. The SMILES string of the molecule is CCCNC(=O)CN(c1ccc(C)c(C)c1)S(C)(=O)=O. The first kappa shape index (κ1) is 16.5. The number of amides is 1. The number of benzene rings is 1. The van der Waals surface area contributed by atoms with Crippen LogP contribution in [0, 0.1) is 13.8 Å². The van der Waals surface area contributed by atoms with E-state index in [0.29, 0.717) is 12.2 Å². The van der Waals surface area contributed by atoms with E-state index < -0.39 is 10.0 Å². The molecular weight excluding hydrogens is 276 g/mol. The fourth-order valence-corrected chi connectivity index (χ4v) is 2.58. The van der Waals surface area contributed by atoms with Gasteiger partial charge in [-0.05, 0) is 43.5 Å². The third-order valence-electron chi connectivity index (χ3n) is 3.04. The summed E-state index contributed by atoms with van der Waals surface area (Å²) in [6, 6.07) is 5.35. The fraction of sp³-hybridized carbons (Fsp3) is 0.500. The Morgan fingerprint density at radius 2 is 1.90 bits per heavy atom. The maximum Gasteiger partial charge on any atom is 0.240 e. The first-order valence-electron chi connectivity index (χ1n) is 6.57. The van der Waals surface area contributed by atoms with Crippen molar-refractivity contribution in [3.63, 3.8) is 0 Å². The largest absolute Gasteiger partial charge is 0.355 e. The van der Waals surface area contributed by atoms with Gasteiger partial charge >= 0.3 is 0 Å². The molecule has 0 bridgehead atoms. The first-order chi connectivity index (χ1) is 9.25. The molecule has 0 aliphatic rings.